The van der Waals surface area contributed by atoms with Crippen molar-refractivity contribution in [3.8, 4) is 0 Å². The number of phosphoric acid groups is 1. The molecule has 0 aromatic heterocycles. The Kier molecular flexibility index (Phi) is 34.5. The van der Waals surface area contributed by atoms with Gasteiger partial charge in [-0.05, 0) is 19.3 Å². The van der Waals surface area contributed by atoms with E-state index in [1.807, 2.05) is 27.2 Å². The van der Waals surface area contributed by atoms with Gasteiger partial charge in [0.1, 0.15) is 13.2 Å². The molecule has 304 valence electrons. The van der Waals surface area contributed by atoms with Crippen LogP contribution in [0.2, 0.25) is 0 Å². The number of phosphoric ester groups is 1. The molecule has 3 N–H and O–H groups in total. The number of hydrogen-bond acceptors (Lipinski definition) is 5. The maximum atomic E-state index is 12.8. The van der Waals surface area contributed by atoms with Crippen molar-refractivity contribution in [1.29, 1.82) is 0 Å². The smallest absolute Gasteiger partial charge is 0.387 e. The topological polar surface area (TPSA) is 105 Å². The van der Waals surface area contributed by atoms with E-state index in [0.717, 1.165) is 32.1 Å². The van der Waals surface area contributed by atoms with Crippen molar-refractivity contribution in [1.82, 2.24) is 5.32 Å². The van der Waals surface area contributed by atoms with Crippen LogP contribution >= 0.6 is 7.82 Å². The molecule has 3 atom stereocenters. The van der Waals surface area contributed by atoms with Crippen LogP contribution in [0.5, 0.6) is 0 Å². The van der Waals surface area contributed by atoms with Crippen molar-refractivity contribution in [2.75, 3.05) is 40.9 Å². The first-order valence-electron chi connectivity index (χ1n) is 21.6. The van der Waals surface area contributed by atoms with Gasteiger partial charge < -0.3 is 19.8 Å². The van der Waals surface area contributed by atoms with Crippen molar-refractivity contribution >= 4 is 13.7 Å². The molecule has 0 rings (SSSR count). The molecule has 0 fully saturated rings. The summed E-state index contributed by atoms with van der Waals surface area (Å²) < 4.78 is 23.5. The van der Waals surface area contributed by atoms with Gasteiger partial charge in [-0.1, -0.05) is 187 Å². The summed E-state index contributed by atoms with van der Waals surface area (Å²) in [6.45, 7) is 4.82. The fraction of sp³-hybridized carbons (Fsp3) is 0.929. The highest BCUT2D eigenvalue weighted by Crippen LogP contribution is 2.43. The summed E-state index contributed by atoms with van der Waals surface area (Å²) >= 11 is 0. The van der Waals surface area contributed by atoms with E-state index in [4.69, 9.17) is 9.05 Å². The molecule has 8 nitrogen and oxygen atoms in total. The van der Waals surface area contributed by atoms with Gasteiger partial charge in [-0.25, -0.2) is 4.57 Å². The molecule has 0 aromatic carbocycles. The van der Waals surface area contributed by atoms with E-state index in [0.29, 0.717) is 17.4 Å². The second-order valence-electron chi connectivity index (χ2n) is 16.1. The molecule has 0 bridgehead atoms. The summed E-state index contributed by atoms with van der Waals surface area (Å²) in [7, 11) is 1.58. The maximum Gasteiger partial charge on any atom is 0.472 e. The van der Waals surface area contributed by atoms with E-state index in [9.17, 15) is 19.4 Å². The Bertz CT molecular complexity index is 850. The Morgan fingerprint density at radius 1 is 0.647 bits per heavy atom. The first-order chi connectivity index (χ1) is 24.5. The van der Waals surface area contributed by atoms with Gasteiger partial charge in [0, 0.05) is 6.42 Å². The predicted molar refractivity (Wildman–Crippen MR) is 217 cm³/mol. The number of nitrogens with one attached hydrogen (secondary N) is 1. The van der Waals surface area contributed by atoms with Gasteiger partial charge in [0.25, 0.3) is 0 Å². The maximum absolute atomic E-state index is 12.8. The first-order valence-corrected chi connectivity index (χ1v) is 23.1. The number of nitrogens with zero attached hydrogens (tertiary/aromatic N) is 1. The van der Waals surface area contributed by atoms with Crippen LogP contribution < -0.4 is 5.32 Å². The lowest BCUT2D eigenvalue weighted by atomic mass is 10.0. The largest absolute Gasteiger partial charge is 0.472 e. The molecular weight excluding hydrogens is 659 g/mol. The minimum Gasteiger partial charge on any atom is -0.387 e. The number of unbranched alkanes of at least 4 members (excludes halogenated alkanes) is 26. The zero-order chi connectivity index (χ0) is 37.9. The summed E-state index contributed by atoms with van der Waals surface area (Å²) in [4.78, 5) is 23.1. The highest BCUT2D eigenvalue weighted by atomic mass is 31.2. The van der Waals surface area contributed by atoms with Gasteiger partial charge in [0.15, 0.2) is 0 Å². The van der Waals surface area contributed by atoms with Gasteiger partial charge in [-0.3, -0.25) is 13.8 Å². The number of carbonyl (C=O) groups excluding carboxylic acids is 1. The number of hydrogen-bond donors (Lipinski definition) is 3. The molecule has 0 aliphatic carbocycles. The van der Waals surface area contributed by atoms with Crippen molar-refractivity contribution in [3.63, 3.8) is 0 Å². The number of rotatable bonds is 39. The molecule has 0 radical (unpaired) electrons. The standard InChI is InChI=1S/C42H85N2O6P/c1-6-8-10-12-14-16-18-20-21-22-24-25-27-29-31-33-35-41(45)40(39-50-51(47,48)49-38-37-44(3,4)5)43-42(46)36-34-32-30-28-26-23-19-17-15-13-11-9-7-2/h33,35,40-41,45H,6-32,34,36-39H2,1-5H3,(H-,43,46,47,48)/p+1/b35-33+. The molecule has 0 aliphatic heterocycles. The normalized spacial score (nSPS) is 14.6. The summed E-state index contributed by atoms with van der Waals surface area (Å²) in [5.74, 6) is -0.176. The van der Waals surface area contributed by atoms with Gasteiger partial charge in [0.2, 0.25) is 5.91 Å². The summed E-state index contributed by atoms with van der Waals surface area (Å²) in [5.41, 5.74) is 0. The summed E-state index contributed by atoms with van der Waals surface area (Å²) in [5, 5.41) is 13.8. The third kappa shape index (κ3) is 37.4. The molecule has 0 saturated carbocycles. The van der Waals surface area contributed by atoms with Crippen LogP contribution in [0.4, 0.5) is 0 Å². The van der Waals surface area contributed by atoms with E-state index >= 15 is 0 Å². The molecular formula is C42H86N2O6P+. The number of carbonyl (C=O) groups is 1. The molecule has 51 heavy (non-hydrogen) atoms. The number of quaternary nitrogens is 1. The lowest BCUT2D eigenvalue weighted by molar-refractivity contribution is -0.870. The Balaban J connectivity index is 4.44. The van der Waals surface area contributed by atoms with Crippen LogP contribution in [0, 0.1) is 0 Å². The van der Waals surface area contributed by atoms with Crippen LogP contribution in [0.3, 0.4) is 0 Å². The zero-order valence-corrected chi connectivity index (χ0v) is 35.3. The van der Waals surface area contributed by atoms with Crippen molar-refractivity contribution in [2.45, 2.75) is 212 Å². The Morgan fingerprint density at radius 3 is 1.45 bits per heavy atom. The van der Waals surface area contributed by atoms with Crippen molar-refractivity contribution in [3.05, 3.63) is 12.2 Å². The Hall–Kier alpha value is -0.760. The average Bonchev–Trinajstić information content (AvgIpc) is 3.07. The number of likely N-dealkylation sites (N-methyl/N-ethyl adjacent to an activating group) is 1. The molecule has 1 amide bonds. The molecule has 0 saturated heterocycles. The van der Waals surface area contributed by atoms with E-state index in [1.54, 1.807) is 6.08 Å². The molecule has 0 spiro atoms. The molecule has 0 aromatic rings. The predicted octanol–water partition coefficient (Wildman–Crippen LogP) is 11.6. The second kappa shape index (κ2) is 35.0. The van der Waals surface area contributed by atoms with Crippen LogP contribution in [-0.4, -0.2) is 73.4 Å². The highest BCUT2D eigenvalue weighted by molar-refractivity contribution is 7.47. The first kappa shape index (κ1) is 50.2. The van der Waals surface area contributed by atoms with Crippen LogP contribution in [0.15, 0.2) is 12.2 Å². The molecule has 0 heterocycles. The summed E-state index contributed by atoms with van der Waals surface area (Å²) in [6, 6.07) is -0.838. The fourth-order valence-corrected chi connectivity index (χ4v) is 7.01. The number of amides is 1. The third-order valence-corrected chi connectivity index (χ3v) is 10.7. The van der Waals surface area contributed by atoms with Gasteiger partial charge >= 0.3 is 7.82 Å². The lowest BCUT2D eigenvalue weighted by Crippen LogP contribution is -2.45. The lowest BCUT2D eigenvalue weighted by Gasteiger charge is -2.25. The second-order valence-corrected chi connectivity index (χ2v) is 17.5. The zero-order valence-electron chi connectivity index (χ0n) is 34.4. The van der Waals surface area contributed by atoms with Crippen LogP contribution in [0.25, 0.3) is 0 Å². The van der Waals surface area contributed by atoms with E-state index in [2.05, 4.69) is 19.2 Å². The van der Waals surface area contributed by atoms with E-state index < -0.39 is 20.0 Å². The third-order valence-electron chi connectivity index (χ3n) is 9.76. The monoisotopic (exact) mass is 746 g/mol. The quantitative estimate of drug-likeness (QED) is 0.0250. The van der Waals surface area contributed by atoms with Crippen molar-refractivity contribution in [2.24, 2.45) is 0 Å². The Labute approximate surface area is 316 Å². The molecule has 3 unspecified atom stereocenters. The average molecular weight is 746 g/mol. The van der Waals surface area contributed by atoms with Gasteiger partial charge in [-0.15, -0.1) is 0 Å². The van der Waals surface area contributed by atoms with Crippen LogP contribution in [-0.2, 0) is 18.4 Å². The SMILES string of the molecule is CCCCCCCCCCCCCCCC/C=C/C(O)C(COP(=O)(O)OCC[N+](C)(C)C)NC(=O)CCCCCCCCCCCCCCC. The van der Waals surface area contributed by atoms with Gasteiger partial charge in [0.05, 0.1) is 39.9 Å². The highest BCUT2D eigenvalue weighted by Gasteiger charge is 2.27. The van der Waals surface area contributed by atoms with E-state index in [1.165, 1.54) is 148 Å². The summed E-state index contributed by atoms with van der Waals surface area (Å²) in [6.07, 6.45) is 38.4. The van der Waals surface area contributed by atoms with E-state index in [-0.39, 0.29) is 19.1 Å². The molecule has 9 heteroatoms. The number of allylic oxidation sites excluding steroid dienone is 1. The van der Waals surface area contributed by atoms with Crippen LogP contribution in [0.1, 0.15) is 200 Å². The molecule has 0 aliphatic rings. The van der Waals surface area contributed by atoms with Gasteiger partial charge in [-0.2, -0.15) is 0 Å². The number of aliphatic hydroxyl groups excluding tert-OH is 1. The minimum atomic E-state index is -4.33. The fourth-order valence-electron chi connectivity index (χ4n) is 6.28. The van der Waals surface area contributed by atoms with Crippen molar-refractivity contribution < 1.29 is 32.9 Å². The number of aliphatic hydroxyl groups is 1. The Morgan fingerprint density at radius 2 is 1.04 bits per heavy atom. The minimum absolute atomic E-state index is 0.0645.